The number of ether oxygens (including phenoxy) is 1. The van der Waals surface area contributed by atoms with Gasteiger partial charge in [0.2, 0.25) is 0 Å². The number of nitrogens with one attached hydrogen (secondary N) is 2. The fraction of sp³-hybridized carbons (Fsp3) is 0.211. The van der Waals surface area contributed by atoms with Crippen LogP contribution >= 0.6 is 0 Å². The summed E-state index contributed by atoms with van der Waals surface area (Å²) in [7, 11) is 1.65. The minimum atomic E-state index is -0.349. The van der Waals surface area contributed by atoms with Crippen molar-refractivity contribution in [3.8, 4) is 5.75 Å². The van der Waals surface area contributed by atoms with Gasteiger partial charge in [0.25, 0.3) is 5.91 Å². The summed E-state index contributed by atoms with van der Waals surface area (Å²) in [6.07, 6.45) is 0. The van der Waals surface area contributed by atoms with Crippen LogP contribution in [0.3, 0.4) is 0 Å². The molecule has 0 saturated carbocycles. The Kier molecular flexibility index (Phi) is 5.95. The van der Waals surface area contributed by atoms with Crippen molar-refractivity contribution in [2.75, 3.05) is 19.0 Å². The summed E-state index contributed by atoms with van der Waals surface area (Å²) in [5.74, 6) is -0.00486. The van der Waals surface area contributed by atoms with E-state index in [1.54, 1.807) is 31.3 Å². The van der Waals surface area contributed by atoms with Gasteiger partial charge in [-0.2, -0.15) is 0 Å². The van der Waals surface area contributed by atoms with E-state index in [9.17, 15) is 9.18 Å². The van der Waals surface area contributed by atoms with Crippen LogP contribution in [0.5, 0.6) is 5.75 Å². The summed E-state index contributed by atoms with van der Waals surface area (Å²) in [5.41, 5.74) is 3.10. The van der Waals surface area contributed by atoms with Gasteiger partial charge in [-0.15, -0.1) is 0 Å². The van der Waals surface area contributed by atoms with Gasteiger partial charge in [-0.3, -0.25) is 4.79 Å². The van der Waals surface area contributed by atoms with Gasteiger partial charge in [0.05, 0.1) is 5.69 Å². The number of anilines is 1. The zero-order valence-corrected chi connectivity index (χ0v) is 13.9. The van der Waals surface area contributed by atoms with Crippen LogP contribution in [0.4, 0.5) is 10.1 Å². The van der Waals surface area contributed by atoms with E-state index in [-0.39, 0.29) is 24.9 Å². The van der Waals surface area contributed by atoms with E-state index in [1.165, 1.54) is 6.07 Å². The Bertz CT molecular complexity index is 727. The maximum atomic E-state index is 13.6. The van der Waals surface area contributed by atoms with E-state index >= 15 is 0 Å². The first-order chi connectivity index (χ1) is 11.5. The topological polar surface area (TPSA) is 50.4 Å². The van der Waals surface area contributed by atoms with Crippen LogP contribution in [0.2, 0.25) is 0 Å². The van der Waals surface area contributed by atoms with Crippen molar-refractivity contribution in [2.24, 2.45) is 0 Å². The van der Waals surface area contributed by atoms with Crippen LogP contribution in [0, 0.1) is 5.82 Å². The van der Waals surface area contributed by atoms with E-state index < -0.39 is 0 Å². The van der Waals surface area contributed by atoms with Crippen LogP contribution < -0.4 is 15.4 Å². The average molecular weight is 328 g/mol. The molecular formula is C19H21FN2O2. The summed E-state index contributed by atoms with van der Waals surface area (Å²) < 4.78 is 19.1. The number of hydrogen-bond acceptors (Lipinski definition) is 3. The van der Waals surface area contributed by atoms with Crippen LogP contribution in [-0.2, 0) is 11.3 Å². The predicted octanol–water partition coefficient (Wildman–Crippen LogP) is 3.60. The first-order valence-electron chi connectivity index (χ1n) is 7.61. The molecule has 0 atom stereocenters. The van der Waals surface area contributed by atoms with Crippen molar-refractivity contribution in [2.45, 2.75) is 13.5 Å². The molecule has 2 aromatic carbocycles. The first-order valence-corrected chi connectivity index (χ1v) is 7.61. The minimum absolute atomic E-state index is 0.0938. The van der Waals surface area contributed by atoms with Gasteiger partial charge < -0.3 is 15.4 Å². The average Bonchev–Trinajstić information content (AvgIpc) is 2.58. The van der Waals surface area contributed by atoms with E-state index in [4.69, 9.17) is 4.74 Å². The summed E-state index contributed by atoms with van der Waals surface area (Å²) in [6.45, 7) is 5.94. The van der Waals surface area contributed by atoms with Crippen molar-refractivity contribution < 1.29 is 13.9 Å². The van der Waals surface area contributed by atoms with E-state index in [0.29, 0.717) is 17.0 Å². The zero-order chi connectivity index (χ0) is 17.5. The molecule has 2 rings (SSSR count). The summed E-state index contributed by atoms with van der Waals surface area (Å²) in [4.78, 5) is 11.8. The molecule has 5 heteroatoms. The van der Waals surface area contributed by atoms with Gasteiger partial charge in [-0.1, -0.05) is 30.4 Å². The molecule has 0 aliphatic carbocycles. The molecule has 0 aliphatic rings. The molecule has 126 valence electrons. The number of carbonyl (C=O) groups excluding carboxylic acids is 1. The molecule has 0 aromatic heterocycles. The van der Waals surface area contributed by atoms with Gasteiger partial charge in [0, 0.05) is 13.6 Å². The summed E-state index contributed by atoms with van der Waals surface area (Å²) in [6, 6.07) is 12.2. The van der Waals surface area contributed by atoms with Crippen molar-refractivity contribution in [1.29, 1.82) is 0 Å². The Morgan fingerprint density at radius 1 is 1.21 bits per heavy atom. The highest BCUT2D eigenvalue weighted by Crippen LogP contribution is 2.17. The smallest absolute Gasteiger partial charge is 0.258 e. The quantitative estimate of drug-likeness (QED) is 0.816. The molecule has 0 heterocycles. The Morgan fingerprint density at radius 3 is 2.50 bits per heavy atom. The molecule has 0 unspecified atom stereocenters. The maximum absolute atomic E-state index is 13.6. The number of amides is 1. The highest BCUT2D eigenvalue weighted by Gasteiger charge is 2.05. The van der Waals surface area contributed by atoms with Gasteiger partial charge >= 0.3 is 0 Å². The highest BCUT2D eigenvalue weighted by molar-refractivity contribution is 5.77. The van der Waals surface area contributed by atoms with Crippen molar-refractivity contribution in [1.82, 2.24) is 5.32 Å². The molecule has 1 amide bonds. The predicted molar refractivity (Wildman–Crippen MR) is 94.4 cm³/mol. The van der Waals surface area contributed by atoms with Crippen LogP contribution in [0.25, 0.3) is 5.57 Å². The van der Waals surface area contributed by atoms with Crippen molar-refractivity contribution in [3.05, 3.63) is 66.0 Å². The first kappa shape index (κ1) is 17.5. The SMILES string of the molecule is C=C(C)c1ccc(OCC(=O)NCc2ccc(NC)c(F)c2)cc1. The van der Waals surface area contributed by atoms with E-state index in [2.05, 4.69) is 17.2 Å². The Labute approximate surface area is 141 Å². The summed E-state index contributed by atoms with van der Waals surface area (Å²) >= 11 is 0. The maximum Gasteiger partial charge on any atom is 0.258 e. The third-order valence-electron chi connectivity index (χ3n) is 3.51. The number of hydrogen-bond donors (Lipinski definition) is 2. The monoisotopic (exact) mass is 328 g/mol. The molecule has 0 bridgehead atoms. The van der Waals surface area contributed by atoms with Crippen molar-refractivity contribution >= 4 is 17.2 Å². The third kappa shape index (κ3) is 4.84. The number of allylic oxidation sites excluding steroid dienone is 1. The fourth-order valence-corrected chi connectivity index (χ4v) is 2.11. The van der Waals surface area contributed by atoms with Gasteiger partial charge in [-0.05, 0) is 42.3 Å². The van der Waals surface area contributed by atoms with Crippen LogP contribution in [0.15, 0.2) is 49.0 Å². The molecule has 4 nitrogen and oxygen atoms in total. The lowest BCUT2D eigenvalue weighted by molar-refractivity contribution is -0.123. The molecule has 2 N–H and O–H groups in total. The number of halogens is 1. The lowest BCUT2D eigenvalue weighted by Crippen LogP contribution is -2.28. The number of benzene rings is 2. The second-order valence-corrected chi connectivity index (χ2v) is 5.43. The molecule has 0 saturated heterocycles. The number of rotatable bonds is 7. The lowest BCUT2D eigenvalue weighted by atomic mass is 10.1. The normalized spacial score (nSPS) is 10.1. The molecule has 0 radical (unpaired) electrons. The van der Waals surface area contributed by atoms with Crippen molar-refractivity contribution in [3.63, 3.8) is 0 Å². The van der Waals surface area contributed by atoms with Crippen LogP contribution in [0.1, 0.15) is 18.1 Å². The zero-order valence-electron chi connectivity index (χ0n) is 13.9. The highest BCUT2D eigenvalue weighted by atomic mass is 19.1. The molecular weight excluding hydrogens is 307 g/mol. The van der Waals surface area contributed by atoms with Gasteiger partial charge in [0.1, 0.15) is 11.6 Å². The Balaban J connectivity index is 1.81. The Morgan fingerprint density at radius 2 is 1.92 bits per heavy atom. The summed E-state index contributed by atoms with van der Waals surface area (Å²) in [5, 5.41) is 5.45. The van der Waals surface area contributed by atoms with Crippen LogP contribution in [-0.4, -0.2) is 19.6 Å². The molecule has 0 fully saturated rings. The fourth-order valence-electron chi connectivity index (χ4n) is 2.11. The van der Waals surface area contributed by atoms with E-state index in [0.717, 1.165) is 11.1 Å². The lowest BCUT2D eigenvalue weighted by Gasteiger charge is -2.09. The standard InChI is InChI=1S/C19H21FN2O2/c1-13(2)15-5-7-16(8-6-15)24-12-19(23)22-11-14-4-9-18(21-3)17(20)10-14/h4-10,21H,1,11-12H2,2-3H3,(H,22,23). The number of carbonyl (C=O) groups is 1. The molecule has 24 heavy (non-hydrogen) atoms. The molecule has 2 aromatic rings. The van der Waals surface area contributed by atoms with Gasteiger partial charge in [-0.25, -0.2) is 4.39 Å². The van der Waals surface area contributed by atoms with E-state index in [1.807, 2.05) is 19.1 Å². The van der Waals surface area contributed by atoms with Gasteiger partial charge in [0.15, 0.2) is 6.61 Å². The minimum Gasteiger partial charge on any atom is -0.484 e. The largest absolute Gasteiger partial charge is 0.484 e. The Hall–Kier alpha value is -2.82. The second-order valence-electron chi connectivity index (χ2n) is 5.43. The third-order valence-corrected chi connectivity index (χ3v) is 3.51. The molecule has 0 aliphatic heterocycles. The second kappa shape index (κ2) is 8.15. The molecule has 0 spiro atoms.